The predicted molar refractivity (Wildman–Crippen MR) is 68.9 cm³/mol. The van der Waals surface area contributed by atoms with Crippen LogP contribution in [0.25, 0.3) is 0 Å². The molecule has 0 aromatic heterocycles. The third kappa shape index (κ3) is 2.19. The largest absolute Gasteiger partial charge is 0.0839 e. The van der Waals surface area contributed by atoms with Gasteiger partial charge in [-0.1, -0.05) is 52.3 Å². The molecule has 1 atom stereocenters. The molecular weight excluding hydrogens is 180 g/mol. The maximum absolute atomic E-state index is 2.46. The van der Waals surface area contributed by atoms with Crippen molar-refractivity contribution in [2.75, 3.05) is 0 Å². The molecule has 15 heavy (non-hydrogen) atoms. The van der Waals surface area contributed by atoms with Crippen LogP contribution in [0.15, 0.2) is 23.3 Å². The summed E-state index contributed by atoms with van der Waals surface area (Å²) >= 11 is 0. The first-order valence-corrected chi connectivity index (χ1v) is 6.53. The number of hydrogen-bond donors (Lipinski definition) is 0. The average Bonchev–Trinajstić information content (AvgIpc) is 2.62. The molecule has 0 bridgehead atoms. The van der Waals surface area contributed by atoms with Crippen LogP contribution < -0.4 is 0 Å². The van der Waals surface area contributed by atoms with Gasteiger partial charge in [0.2, 0.25) is 0 Å². The SMILES string of the molecule is CC.CC(C)C1(C)CCC2=C1CCC=C2. The van der Waals surface area contributed by atoms with Crippen molar-refractivity contribution in [1.29, 1.82) is 0 Å². The minimum Gasteiger partial charge on any atom is -0.0839 e. The first-order chi connectivity index (χ1) is 7.14. The Morgan fingerprint density at radius 3 is 2.47 bits per heavy atom. The van der Waals surface area contributed by atoms with Crippen LogP contribution in [0.2, 0.25) is 0 Å². The summed E-state index contributed by atoms with van der Waals surface area (Å²) < 4.78 is 0. The molecule has 2 aliphatic rings. The fourth-order valence-corrected chi connectivity index (χ4v) is 2.78. The molecule has 0 aliphatic heterocycles. The third-order valence-electron chi connectivity index (χ3n) is 4.15. The van der Waals surface area contributed by atoms with Gasteiger partial charge >= 0.3 is 0 Å². The molecule has 0 amide bonds. The van der Waals surface area contributed by atoms with Gasteiger partial charge in [-0.15, -0.1) is 0 Å². The zero-order chi connectivity index (χ0) is 11.5. The molecule has 2 aliphatic carbocycles. The molecule has 0 spiro atoms. The highest BCUT2D eigenvalue weighted by Gasteiger charge is 2.38. The van der Waals surface area contributed by atoms with Gasteiger partial charge in [-0.2, -0.15) is 0 Å². The molecule has 0 heterocycles. The highest BCUT2D eigenvalue weighted by Crippen LogP contribution is 2.51. The fraction of sp³-hybridized carbons (Fsp3) is 0.733. The van der Waals surface area contributed by atoms with Gasteiger partial charge in [0, 0.05) is 0 Å². The summed E-state index contributed by atoms with van der Waals surface area (Å²) in [6, 6.07) is 0. The Bertz CT molecular complexity index is 268. The molecule has 0 heteroatoms. The molecule has 86 valence electrons. The van der Waals surface area contributed by atoms with Crippen LogP contribution in [0, 0.1) is 11.3 Å². The molecule has 0 nitrogen and oxygen atoms in total. The lowest BCUT2D eigenvalue weighted by atomic mass is 9.72. The van der Waals surface area contributed by atoms with E-state index in [1.165, 1.54) is 25.7 Å². The highest BCUT2D eigenvalue weighted by atomic mass is 14.4. The van der Waals surface area contributed by atoms with Crippen molar-refractivity contribution in [2.24, 2.45) is 11.3 Å². The van der Waals surface area contributed by atoms with E-state index in [0.29, 0.717) is 5.41 Å². The van der Waals surface area contributed by atoms with Gasteiger partial charge in [0.25, 0.3) is 0 Å². The van der Waals surface area contributed by atoms with E-state index in [0.717, 1.165) is 5.92 Å². The van der Waals surface area contributed by atoms with E-state index in [9.17, 15) is 0 Å². The van der Waals surface area contributed by atoms with Crippen LogP contribution in [0.3, 0.4) is 0 Å². The molecule has 0 saturated carbocycles. The van der Waals surface area contributed by atoms with Gasteiger partial charge in [0.1, 0.15) is 0 Å². The normalized spacial score (nSPS) is 28.9. The number of allylic oxidation sites excluding steroid dienone is 4. The van der Waals surface area contributed by atoms with Crippen molar-refractivity contribution >= 4 is 0 Å². The second-order valence-electron chi connectivity index (χ2n) is 5.02. The summed E-state index contributed by atoms with van der Waals surface area (Å²) in [6.07, 6.45) is 9.99. The molecule has 0 aromatic rings. The molecule has 0 radical (unpaired) electrons. The molecule has 2 rings (SSSR count). The summed E-state index contributed by atoms with van der Waals surface area (Å²) in [5.41, 5.74) is 3.94. The van der Waals surface area contributed by atoms with E-state index in [1.54, 1.807) is 11.1 Å². The quantitative estimate of drug-likeness (QED) is 0.559. The van der Waals surface area contributed by atoms with Crippen LogP contribution >= 0.6 is 0 Å². The van der Waals surface area contributed by atoms with E-state index < -0.39 is 0 Å². The molecule has 0 saturated heterocycles. The van der Waals surface area contributed by atoms with Crippen LogP contribution in [0.1, 0.15) is 60.3 Å². The number of hydrogen-bond acceptors (Lipinski definition) is 0. The molecule has 0 fully saturated rings. The van der Waals surface area contributed by atoms with Crippen molar-refractivity contribution in [3.8, 4) is 0 Å². The first kappa shape index (κ1) is 12.5. The van der Waals surface area contributed by atoms with Crippen molar-refractivity contribution in [2.45, 2.75) is 60.3 Å². The van der Waals surface area contributed by atoms with Crippen molar-refractivity contribution in [1.82, 2.24) is 0 Å². The van der Waals surface area contributed by atoms with Crippen molar-refractivity contribution in [3.63, 3.8) is 0 Å². The molecular formula is C15H26. The minimum atomic E-state index is 0.514. The Labute approximate surface area is 95.5 Å². The van der Waals surface area contributed by atoms with Crippen LogP contribution in [0.4, 0.5) is 0 Å². The zero-order valence-corrected chi connectivity index (χ0v) is 11.1. The standard InChI is InChI=1S/C13H20.C2H6/c1-10(2)13(3)9-8-11-6-4-5-7-12(11)13;1-2/h4,6,10H,5,7-9H2,1-3H3;1-2H3. The lowest BCUT2D eigenvalue weighted by Gasteiger charge is -2.33. The second kappa shape index (κ2) is 5.01. The maximum atomic E-state index is 2.46. The first-order valence-electron chi connectivity index (χ1n) is 6.53. The Morgan fingerprint density at radius 1 is 1.20 bits per heavy atom. The Morgan fingerprint density at radius 2 is 1.87 bits per heavy atom. The predicted octanol–water partition coefficient (Wildman–Crippen LogP) is 5.12. The van der Waals surface area contributed by atoms with E-state index in [4.69, 9.17) is 0 Å². The Balaban J connectivity index is 0.000000531. The Kier molecular flexibility index (Phi) is 4.19. The zero-order valence-electron chi connectivity index (χ0n) is 11.1. The van der Waals surface area contributed by atoms with Gasteiger partial charge in [-0.3, -0.25) is 0 Å². The summed E-state index contributed by atoms with van der Waals surface area (Å²) in [6.45, 7) is 11.2. The monoisotopic (exact) mass is 206 g/mol. The summed E-state index contributed by atoms with van der Waals surface area (Å²) in [5, 5.41) is 0. The van der Waals surface area contributed by atoms with Crippen LogP contribution in [-0.2, 0) is 0 Å². The minimum absolute atomic E-state index is 0.514. The third-order valence-corrected chi connectivity index (χ3v) is 4.15. The maximum Gasteiger partial charge on any atom is -0.00843 e. The van der Waals surface area contributed by atoms with Gasteiger partial charge in [-0.25, -0.2) is 0 Å². The topological polar surface area (TPSA) is 0 Å². The average molecular weight is 206 g/mol. The van der Waals surface area contributed by atoms with E-state index in [-0.39, 0.29) is 0 Å². The molecule has 0 aromatic carbocycles. The molecule has 0 N–H and O–H groups in total. The lowest BCUT2D eigenvalue weighted by molar-refractivity contribution is 0.267. The van der Waals surface area contributed by atoms with Crippen molar-refractivity contribution < 1.29 is 0 Å². The fourth-order valence-electron chi connectivity index (χ4n) is 2.78. The van der Waals surface area contributed by atoms with E-state index in [1.807, 2.05) is 13.8 Å². The van der Waals surface area contributed by atoms with Gasteiger partial charge < -0.3 is 0 Å². The van der Waals surface area contributed by atoms with Crippen LogP contribution in [0.5, 0.6) is 0 Å². The smallest absolute Gasteiger partial charge is 0.00843 e. The highest BCUT2D eigenvalue weighted by molar-refractivity contribution is 5.38. The lowest BCUT2D eigenvalue weighted by Crippen LogP contribution is -2.23. The van der Waals surface area contributed by atoms with Gasteiger partial charge in [0.05, 0.1) is 0 Å². The van der Waals surface area contributed by atoms with E-state index >= 15 is 0 Å². The second-order valence-corrected chi connectivity index (χ2v) is 5.02. The van der Waals surface area contributed by atoms with Gasteiger partial charge in [-0.05, 0) is 42.6 Å². The van der Waals surface area contributed by atoms with Crippen LogP contribution in [-0.4, -0.2) is 0 Å². The van der Waals surface area contributed by atoms with Crippen molar-refractivity contribution in [3.05, 3.63) is 23.3 Å². The molecule has 1 unspecified atom stereocenters. The summed E-state index contributed by atoms with van der Waals surface area (Å²) in [5.74, 6) is 0.798. The summed E-state index contributed by atoms with van der Waals surface area (Å²) in [7, 11) is 0. The van der Waals surface area contributed by atoms with E-state index in [2.05, 4.69) is 32.9 Å². The van der Waals surface area contributed by atoms with Gasteiger partial charge in [0.15, 0.2) is 0 Å². The summed E-state index contributed by atoms with van der Waals surface area (Å²) in [4.78, 5) is 0. The Hall–Kier alpha value is -0.520. The number of rotatable bonds is 1.